The Morgan fingerprint density at radius 2 is 2.27 bits per heavy atom. The van der Waals surface area contributed by atoms with Crippen LogP contribution in [0, 0.1) is 5.82 Å². The van der Waals surface area contributed by atoms with Gasteiger partial charge in [0, 0.05) is 17.9 Å². The molecule has 0 saturated heterocycles. The van der Waals surface area contributed by atoms with Gasteiger partial charge in [-0.05, 0) is 29.7 Å². The highest BCUT2D eigenvalue weighted by molar-refractivity contribution is 7.98. The normalized spacial score (nSPS) is 10.3. The Hall–Kier alpha value is -0.540. The van der Waals surface area contributed by atoms with Crippen LogP contribution < -0.4 is 0 Å². The van der Waals surface area contributed by atoms with Crippen LogP contribution >= 0.6 is 23.4 Å². The van der Waals surface area contributed by atoms with Crippen molar-refractivity contribution in [2.24, 2.45) is 0 Å². The predicted octanol–water partition coefficient (Wildman–Crippen LogP) is 3.34. The fourth-order valence-corrected chi connectivity index (χ4v) is 1.85. The van der Waals surface area contributed by atoms with Crippen LogP contribution in [-0.2, 0) is 11.2 Å². The number of rotatable bonds is 5. The van der Waals surface area contributed by atoms with Gasteiger partial charge in [-0.25, -0.2) is 4.39 Å². The van der Waals surface area contributed by atoms with Crippen LogP contribution in [0.5, 0.6) is 0 Å². The number of carbonyl (C=O) groups excluding carboxylic acids is 1. The first-order valence-electron chi connectivity index (χ1n) is 4.58. The van der Waals surface area contributed by atoms with Gasteiger partial charge in [-0.3, -0.25) is 4.79 Å². The summed E-state index contributed by atoms with van der Waals surface area (Å²) in [4.78, 5) is 11.4. The van der Waals surface area contributed by atoms with Crippen molar-refractivity contribution in [3.8, 4) is 0 Å². The molecule has 0 aliphatic heterocycles. The molecule has 0 saturated carbocycles. The largest absolute Gasteiger partial charge is 0.299 e. The second kappa shape index (κ2) is 6.13. The Balaban J connectivity index is 2.60. The van der Waals surface area contributed by atoms with Crippen LogP contribution in [-0.4, -0.2) is 17.8 Å². The zero-order valence-corrected chi connectivity index (χ0v) is 10.00. The predicted molar refractivity (Wildman–Crippen MR) is 63.1 cm³/mol. The van der Waals surface area contributed by atoms with Crippen LogP contribution in [0.15, 0.2) is 18.2 Å². The van der Waals surface area contributed by atoms with E-state index in [0.29, 0.717) is 23.4 Å². The Morgan fingerprint density at radius 1 is 1.53 bits per heavy atom. The molecule has 0 atom stereocenters. The van der Waals surface area contributed by atoms with Crippen molar-refractivity contribution in [2.75, 3.05) is 12.0 Å². The fraction of sp³-hybridized carbons (Fsp3) is 0.364. The van der Waals surface area contributed by atoms with Crippen LogP contribution in [0.2, 0.25) is 5.02 Å². The summed E-state index contributed by atoms with van der Waals surface area (Å²) in [5.74, 6) is 0.579. The van der Waals surface area contributed by atoms with Crippen molar-refractivity contribution in [1.29, 1.82) is 0 Å². The molecule has 1 rings (SSSR count). The average Bonchev–Trinajstić information content (AvgIpc) is 2.19. The smallest absolute Gasteiger partial charge is 0.138 e. The van der Waals surface area contributed by atoms with Gasteiger partial charge in [0.05, 0.1) is 0 Å². The highest BCUT2D eigenvalue weighted by Gasteiger charge is 2.07. The minimum Gasteiger partial charge on any atom is -0.299 e. The minimum atomic E-state index is -0.375. The third-order valence-corrected chi connectivity index (χ3v) is 2.95. The number of hydrogen-bond donors (Lipinski definition) is 0. The van der Waals surface area contributed by atoms with E-state index in [4.69, 9.17) is 11.6 Å². The standard InChI is InChI=1S/C11H12ClFOS/c1-15-5-4-10(14)6-8-2-3-9(13)7-11(8)12/h2-3,7H,4-6H2,1H3. The lowest BCUT2D eigenvalue weighted by Crippen LogP contribution is -2.04. The molecule has 0 heterocycles. The lowest BCUT2D eigenvalue weighted by atomic mass is 10.1. The van der Waals surface area contributed by atoms with E-state index >= 15 is 0 Å². The summed E-state index contributed by atoms with van der Waals surface area (Å²) in [6.07, 6.45) is 2.78. The molecule has 1 nitrogen and oxygen atoms in total. The average molecular weight is 247 g/mol. The second-order valence-corrected chi connectivity index (χ2v) is 4.59. The van der Waals surface area contributed by atoms with Gasteiger partial charge in [0.2, 0.25) is 0 Å². The number of Topliss-reactive ketones (excluding diaryl/α,β-unsaturated/α-hetero) is 1. The molecular formula is C11H12ClFOS. The second-order valence-electron chi connectivity index (χ2n) is 3.19. The molecule has 15 heavy (non-hydrogen) atoms. The van der Waals surface area contributed by atoms with E-state index in [1.54, 1.807) is 17.8 Å². The monoisotopic (exact) mass is 246 g/mol. The topological polar surface area (TPSA) is 17.1 Å². The molecule has 0 aliphatic carbocycles. The first-order valence-corrected chi connectivity index (χ1v) is 6.35. The Kier molecular flexibility index (Phi) is 5.12. The molecule has 1 aromatic carbocycles. The molecule has 82 valence electrons. The lowest BCUT2D eigenvalue weighted by molar-refractivity contribution is -0.118. The molecule has 4 heteroatoms. The van der Waals surface area contributed by atoms with Crippen LogP contribution in [0.1, 0.15) is 12.0 Å². The summed E-state index contributed by atoms with van der Waals surface area (Å²) in [6, 6.07) is 4.12. The van der Waals surface area contributed by atoms with Crippen molar-refractivity contribution >= 4 is 29.1 Å². The maximum atomic E-state index is 12.7. The summed E-state index contributed by atoms with van der Waals surface area (Å²) in [5, 5.41) is 0.326. The molecule has 0 unspecified atom stereocenters. The SMILES string of the molecule is CSCCC(=O)Cc1ccc(F)cc1Cl. The molecule has 0 N–H and O–H groups in total. The molecule has 0 spiro atoms. The van der Waals surface area contributed by atoms with Crippen molar-refractivity contribution in [3.63, 3.8) is 0 Å². The molecule has 1 aromatic rings. The van der Waals surface area contributed by atoms with Crippen LogP contribution in [0.4, 0.5) is 4.39 Å². The maximum Gasteiger partial charge on any atom is 0.138 e. The molecule has 0 aliphatic rings. The zero-order valence-electron chi connectivity index (χ0n) is 8.43. The molecule has 0 fully saturated rings. The van der Waals surface area contributed by atoms with Crippen LogP contribution in [0.25, 0.3) is 0 Å². The van der Waals surface area contributed by atoms with Crippen molar-refractivity contribution in [2.45, 2.75) is 12.8 Å². The van der Waals surface area contributed by atoms with E-state index in [2.05, 4.69) is 0 Å². The van der Waals surface area contributed by atoms with Crippen molar-refractivity contribution in [3.05, 3.63) is 34.6 Å². The quantitative estimate of drug-likeness (QED) is 0.793. The fourth-order valence-electron chi connectivity index (χ4n) is 1.18. The van der Waals surface area contributed by atoms with E-state index in [-0.39, 0.29) is 11.6 Å². The Bertz CT molecular complexity index is 354. The number of ketones is 1. The lowest BCUT2D eigenvalue weighted by Gasteiger charge is -2.03. The van der Waals surface area contributed by atoms with Gasteiger partial charge in [-0.2, -0.15) is 11.8 Å². The number of thioether (sulfide) groups is 1. The Labute approximate surface area is 98.0 Å². The summed E-state index contributed by atoms with van der Waals surface area (Å²) in [6.45, 7) is 0. The molecule has 0 amide bonds. The number of benzene rings is 1. The van der Waals surface area contributed by atoms with Crippen molar-refractivity contribution in [1.82, 2.24) is 0 Å². The van der Waals surface area contributed by atoms with Gasteiger partial charge in [0.25, 0.3) is 0 Å². The molecule has 0 radical (unpaired) electrons. The number of carbonyl (C=O) groups is 1. The third kappa shape index (κ3) is 4.22. The zero-order chi connectivity index (χ0) is 11.3. The van der Waals surface area contributed by atoms with E-state index in [1.807, 2.05) is 6.26 Å². The van der Waals surface area contributed by atoms with Crippen LogP contribution in [0.3, 0.4) is 0 Å². The van der Waals surface area contributed by atoms with Gasteiger partial charge < -0.3 is 0 Å². The Morgan fingerprint density at radius 3 is 2.87 bits per heavy atom. The molecular weight excluding hydrogens is 235 g/mol. The minimum absolute atomic E-state index is 0.137. The van der Waals surface area contributed by atoms with Gasteiger partial charge in [0.15, 0.2) is 0 Å². The highest BCUT2D eigenvalue weighted by Crippen LogP contribution is 2.18. The maximum absolute atomic E-state index is 12.7. The molecule has 0 bridgehead atoms. The van der Waals surface area contributed by atoms with E-state index in [0.717, 1.165) is 5.75 Å². The summed E-state index contributed by atoms with van der Waals surface area (Å²) in [5.41, 5.74) is 0.698. The van der Waals surface area contributed by atoms with Crippen molar-refractivity contribution < 1.29 is 9.18 Å². The van der Waals surface area contributed by atoms with E-state index < -0.39 is 0 Å². The number of halogens is 2. The third-order valence-electron chi connectivity index (χ3n) is 1.99. The van der Waals surface area contributed by atoms with E-state index in [9.17, 15) is 9.18 Å². The van der Waals surface area contributed by atoms with Gasteiger partial charge in [-0.1, -0.05) is 17.7 Å². The number of hydrogen-bond acceptors (Lipinski definition) is 2. The summed E-state index contributed by atoms with van der Waals surface area (Å²) >= 11 is 7.44. The van der Waals surface area contributed by atoms with E-state index in [1.165, 1.54) is 12.1 Å². The summed E-state index contributed by atoms with van der Waals surface area (Å²) in [7, 11) is 0. The van der Waals surface area contributed by atoms with Gasteiger partial charge in [0.1, 0.15) is 11.6 Å². The van der Waals surface area contributed by atoms with Gasteiger partial charge in [-0.15, -0.1) is 0 Å². The molecule has 0 aromatic heterocycles. The summed E-state index contributed by atoms with van der Waals surface area (Å²) < 4.78 is 12.7. The first-order chi connectivity index (χ1) is 7.13. The highest BCUT2D eigenvalue weighted by atomic mass is 35.5. The first kappa shape index (κ1) is 12.5. The van der Waals surface area contributed by atoms with Gasteiger partial charge >= 0.3 is 0 Å².